The van der Waals surface area contributed by atoms with Gasteiger partial charge in [0, 0.05) is 13.1 Å². The van der Waals surface area contributed by atoms with Crippen LogP contribution in [0.2, 0.25) is 0 Å². The van der Waals surface area contributed by atoms with Gasteiger partial charge in [0.15, 0.2) is 0 Å². The van der Waals surface area contributed by atoms with Gasteiger partial charge in [0.2, 0.25) is 10.0 Å². The highest BCUT2D eigenvalue weighted by Crippen LogP contribution is 2.26. The topological polar surface area (TPSA) is 84.9 Å². The molecular weight excluding hydrogens is 404 g/mol. The molecule has 0 aliphatic carbocycles. The van der Waals surface area contributed by atoms with E-state index in [0.717, 1.165) is 16.7 Å². The van der Waals surface area contributed by atoms with E-state index in [1.54, 1.807) is 0 Å². The van der Waals surface area contributed by atoms with Crippen molar-refractivity contribution in [2.75, 3.05) is 33.4 Å². The molecule has 1 aliphatic rings. The van der Waals surface area contributed by atoms with Crippen molar-refractivity contribution in [3.63, 3.8) is 0 Å². The third-order valence-corrected chi connectivity index (χ3v) is 7.17. The van der Waals surface area contributed by atoms with Gasteiger partial charge in [-0.05, 0) is 50.1 Å². The van der Waals surface area contributed by atoms with E-state index in [1.807, 2.05) is 39.0 Å². The zero-order valence-electron chi connectivity index (χ0n) is 17.8. The summed E-state index contributed by atoms with van der Waals surface area (Å²) in [4.78, 5) is 13.1. The summed E-state index contributed by atoms with van der Waals surface area (Å²) in [5.74, 6) is -0.0686. The van der Waals surface area contributed by atoms with Crippen LogP contribution in [0.4, 0.5) is 0 Å². The number of nitrogens with zero attached hydrogens (tertiary/aromatic N) is 1. The third-order valence-electron chi connectivity index (χ3n) is 5.27. The second-order valence-electron chi connectivity index (χ2n) is 7.43. The van der Waals surface area contributed by atoms with Crippen LogP contribution >= 0.6 is 0 Å². The Kier molecular flexibility index (Phi) is 6.80. The van der Waals surface area contributed by atoms with E-state index >= 15 is 0 Å². The predicted molar refractivity (Wildman–Crippen MR) is 114 cm³/mol. The Labute approximate surface area is 178 Å². The maximum atomic E-state index is 13.0. The summed E-state index contributed by atoms with van der Waals surface area (Å²) < 4.78 is 37.9. The van der Waals surface area contributed by atoms with Gasteiger partial charge < -0.3 is 14.8 Å². The number of benzene rings is 2. The lowest BCUT2D eigenvalue weighted by atomic mass is 9.99. The quantitative estimate of drug-likeness (QED) is 0.759. The molecule has 8 heteroatoms. The van der Waals surface area contributed by atoms with E-state index in [2.05, 4.69) is 5.32 Å². The van der Waals surface area contributed by atoms with Crippen LogP contribution in [0, 0.1) is 13.8 Å². The average Bonchev–Trinajstić information content (AvgIpc) is 2.75. The first-order chi connectivity index (χ1) is 14.2. The first-order valence-corrected chi connectivity index (χ1v) is 11.3. The van der Waals surface area contributed by atoms with Crippen molar-refractivity contribution in [1.82, 2.24) is 9.62 Å². The number of nitrogens with one attached hydrogen (secondary N) is 1. The molecule has 0 spiro atoms. The molecule has 1 atom stereocenters. The van der Waals surface area contributed by atoms with Gasteiger partial charge in [0.1, 0.15) is 5.75 Å². The SMILES string of the molecule is COc1ccc(S(=O)(=O)N2CCOCC2)cc1C(=O)NC(C)c1cc(C)ccc1C. The molecule has 30 heavy (non-hydrogen) atoms. The summed E-state index contributed by atoms with van der Waals surface area (Å²) >= 11 is 0. The number of carbonyl (C=O) groups excluding carboxylic acids is 1. The van der Waals surface area contributed by atoms with Gasteiger partial charge in [-0.25, -0.2) is 8.42 Å². The zero-order chi connectivity index (χ0) is 21.9. The van der Waals surface area contributed by atoms with E-state index < -0.39 is 10.0 Å². The maximum Gasteiger partial charge on any atom is 0.255 e. The number of methoxy groups -OCH3 is 1. The molecule has 2 aromatic rings. The molecule has 1 saturated heterocycles. The highest BCUT2D eigenvalue weighted by atomic mass is 32.2. The molecule has 0 aromatic heterocycles. The largest absolute Gasteiger partial charge is 0.496 e. The lowest BCUT2D eigenvalue weighted by molar-refractivity contribution is 0.0730. The monoisotopic (exact) mass is 432 g/mol. The van der Waals surface area contributed by atoms with Crippen LogP contribution in [0.1, 0.15) is 40.0 Å². The fraction of sp³-hybridized carbons (Fsp3) is 0.409. The van der Waals surface area contributed by atoms with Crippen molar-refractivity contribution in [3.05, 3.63) is 58.7 Å². The van der Waals surface area contributed by atoms with Crippen LogP contribution in [-0.2, 0) is 14.8 Å². The number of carbonyl (C=O) groups is 1. The molecule has 3 rings (SSSR count). The maximum absolute atomic E-state index is 13.0. The number of aryl methyl sites for hydroxylation is 2. The molecule has 1 aliphatic heterocycles. The van der Waals surface area contributed by atoms with E-state index in [1.165, 1.54) is 29.6 Å². The average molecular weight is 433 g/mol. The molecule has 0 bridgehead atoms. The van der Waals surface area contributed by atoms with Gasteiger partial charge in [-0.15, -0.1) is 0 Å². The number of morpholine rings is 1. The molecule has 1 N–H and O–H groups in total. The van der Waals surface area contributed by atoms with E-state index in [9.17, 15) is 13.2 Å². The highest BCUT2D eigenvalue weighted by molar-refractivity contribution is 7.89. The van der Waals surface area contributed by atoms with Crippen LogP contribution in [0.15, 0.2) is 41.3 Å². The van der Waals surface area contributed by atoms with Crippen molar-refractivity contribution in [2.45, 2.75) is 31.7 Å². The number of hydrogen-bond acceptors (Lipinski definition) is 5. The van der Waals surface area contributed by atoms with E-state index in [0.29, 0.717) is 32.1 Å². The molecule has 1 amide bonds. The molecule has 1 unspecified atom stereocenters. The van der Waals surface area contributed by atoms with Crippen LogP contribution in [-0.4, -0.2) is 52.0 Å². The molecule has 162 valence electrons. The summed E-state index contributed by atoms with van der Waals surface area (Å²) in [6.07, 6.45) is 0. The van der Waals surface area contributed by atoms with Gasteiger partial charge in [-0.3, -0.25) is 4.79 Å². The summed E-state index contributed by atoms with van der Waals surface area (Å²) in [6.45, 7) is 7.19. The van der Waals surface area contributed by atoms with Crippen LogP contribution in [0.3, 0.4) is 0 Å². The standard InChI is InChI=1S/C22H28N2O5S/c1-15-5-6-16(2)19(13-15)17(3)23-22(25)20-14-18(7-8-21(20)28-4)30(26,27)24-9-11-29-12-10-24/h5-8,13-14,17H,9-12H2,1-4H3,(H,23,25). The second kappa shape index (κ2) is 9.16. The molecule has 0 saturated carbocycles. The Morgan fingerprint density at radius 2 is 1.83 bits per heavy atom. The van der Waals surface area contributed by atoms with Crippen molar-refractivity contribution in [3.8, 4) is 5.75 Å². The Bertz CT molecular complexity index is 1030. The Balaban J connectivity index is 1.89. The van der Waals surface area contributed by atoms with Gasteiger partial charge in [-0.2, -0.15) is 4.31 Å². The summed E-state index contributed by atoms with van der Waals surface area (Å²) in [5, 5.41) is 2.97. The molecule has 0 radical (unpaired) electrons. The number of ether oxygens (including phenoxy) is 2. The number of rotatable bonds is 6. The van der Waals surface area contributed by atoms with Crippen molar-refractivity contribution in [1.29, 1.82) is 0 Å². The van der Waals surface area contributed by atoms with E-state index in [-0.39, 0.29) is 22.4 Å². The lowest BCUT2D eigenvalue weighted by Crippen LogP contribution is -2.40. The first kappa shape index (κ1) is 22.3. The van der Waals surface area contributed by atoms with Crippen LogP contribution in [0.5, 0.6) is 5.75 Å². The summed E-state index contributed by atoms with van der Waals surface area (Å²) in [5.41, 5.74) is 3.38. The molecule has 7 nitrogen and oxygen atoms in total. The van der Waals surface area contributed by atoms with Crippen molar-refractivity contribution >= 4 is 15.9 Å². The summed E-state index contributed by atoms with van der Waals surface area (Å²) in [7, 11) is -2.26. The van der Waals surface area contributed by atoms with Gasteiger partial charge in [0.05, 0.1) is 36.8 Å². The predicted octanol–water partition coefficient (Wildman–Crippen LogP) is 2.82. The smallest absolute Gasteiger partial charge is 0.255 e. The molecular formula is C22H28N2O5S. The second-order valence-corrected chi connectivity index (χ2v) is 9.37. The van der Waals surface area contributed by atoms with E-state index in [4.69, 9.17) is 9.47 Å². The number of sulfonamides is 1. The Morgan fingerprint density at radius 1 is 1.13 bits per heavy atom. The summed E-state index contributed by atoms with van der Waals surface area (Å²) in [6, 6.07) is 10.2. The normalized spacial score (nSPS) is 16.1. The van der Waals surface area contributed by atoms with Crippen molar-refractivity contribution < 1.29 is 22.7 Å². The number of hydrogen-bond donors (Lipinski definition) is 1. The molecule has 1 heterocycles. The minimum absolute atomic E-state index is 0.0646. The Hall–Kier alpha value is -2.42. The third kappa shape index (κ3) is 4.66. The minimum Gasteiger partial charge on any atom is -0.496 e. The first-order valence-electron chi connectivity index (χ1n) is 9.88. The van der Waals surface area contributed by atoms with Crippen molar-refractivity contribution in [2.24, 2.45) is 0 Å². The fourth-order valence-corrected chi connectivity index (χ4v) is 4.97. The van der Waals surface area contributed by atoms with Crippen LogP contribution in [0.25, 0.3) is 0 Å². The van der Waals surface area contributed by atoms with Gasteiger partial charge >= 0.3 is 0 Å². The van der Waals surface area contributed by atoms with Gasteiger partial charge in [-0.1, -0.05) is 23.8 Å². The fourth-order valence-electron chi connectivity index (χ4n) is 3.54. The van der Waals surface area contributed by atoms with Gasteiger partial charge in [0.25, 0.3) is 5.91 Å². The lowest BCUT2D eigenvalue weighted by Gasteiger charge is -2.26. The minimum atomic E-state index is -3.72. The van der Waals surface area contributed by atoms with Crippen LogP contribution < -0.4 is 10.1 Å². The highest BCUT2D eigenvalue weighted by Gasteiger charge is 2.28. The zero-order valence-corrected chi connectivity index (χ0v) is 18.6. The number of amides is 1. The molecule has 2 aromatic carbocycles. The Morgan fingerprint density at radius 3 is 2.50 bits per heavy atom. The molecule has 1 fully saturated rings.